The summed E-state index contributed by atoms with van der Waals surface area (Å²) in [5.74, 6) is 0.515. The van der Waals surface area contributed by atoms with E-state index in [9.17, 15) is 4.79 Å². The lowest BCUT2D eigenvalue weighted by atomic mass is 9.92. The average molecular weight is 379 g/mol. The molecule has 1 saturated heterocycles. The second-order valence-electron chi connectivity index (χ2n) is 7.42. The molecule has 1 aromatic carbocycles. The Morgan fingerprint density at radius 2 is 2.08 bits per heavy atom. The van der Waals surface area contributed by atoms with Crippen LogP contribution in [0.4, 0.5) is 5.82 Å². The van der Waals surface area contributed by atoms with Gasteiger partial charge in [-0.3, -0.25) is 4.79 Å². The number of nitrogens with one attached hydrogen (secondary N) is 2. The van der Waals surface area contributed by atoms with Crippen LogP contribution < -0.4 is 10.6 Å². The van der Waals surface area contributed by atoms with Crippen LogP contribution in [0.2, 0.25) is 0 Å². The number of benzene rings is 1. The number of para-hydroxylation sites is 1. The van der Waals surface area contributed by atoms with Gasteiger partial charge in [0.15, 0.2) is 0 Å². The van der Waals surface area contributed by atoms with Gasteiger partial charge in [0, 0.05) is 24.6 Å². The van der Waals surface area contributed by atoms with Crippen LogP contribution in [-0.4, -0.2) is 41.5 Å². The van der Waals surface area contributed by atoms with E-state index in [1.165, 1.54) is 0 Å². The summed E-state index contributed by atoms with van der Waals surface area (Å²) in [5, 5.41) is 10.9. The van der Waals surface area contributed by atoms with Gasteiger partial charge < -0.3 is 15.4 Å². The Morgan fingerprint density at radius 1 is 1.35 bits per heavy atom. The molecule has 0 saturated carbocycles. The summed E-state index contributed by atoms with van der Waals surface area (Å²) in [7, 11) is 0. The van der Waals surface area contributed by atoms with Gasteiger partial charge in [-0.25, -0.2) is 4.68 Å². The Bertz CT molecular complexity index is 761. The summed E-state index contributed by atoms with van der Waals surface area (Å²) in [4.78, 5) is 12.6. The molecule has 0 radical (unpaired) electrons. The van der Waals surface area contributed by atoms with Crippen molar-refractivity contribution < 1.29 is 9.53 Å². The van der Waals surface area contributed by atoms with Crippen molar-refractivity contribution in [3.63, 3.8) is 0 Å². The van der Waals surface area contributed by atoms with Crippen molar-refractivity contribution in [2.75, 3.05) is 25.0 Å². The molecule has 1 amide bonds. The number of hydrogen-bond donors (Lipinski definition) is 2. The standard InChI is InChI=1S/C19H26N4O2.ClH/c1-13-7-5-6-8-14(13)23-17(11-16(22-23)19(2,3)4)21-18(24)15-12-20-9-10-25-15;/h5-8,11,15,20H,9-10,12H2,1-4H3,(H,21,24);1H/t15-;/m1./s1. The van der Waals surface area contributed by atoms with Crippen molar-refractivity contribution in [3.05, 3.63) is 41.6 Å². The van der Waals surface area contributed by atoms with Crippen molar-refractivity contribution in [3.8, 4) is 5.69 Å². The number of nitrogens with zero attached hydrogens (tertiary/aromatic N) is 2. The number of carbonyl (C=O) groups excluding carboxylic acids is 1. The van der Waals surface area contributed by atoms with Crippen LogP contribution in [0.25, 0.3) is 5.69 Å². The van der Waals surface area contributed by atoms with E-state index in [2.05, 4.69) is 31.4 Å². The number of amides is 1. The van der Waals surface area contributed by atoms with Crippen molar-refractivity contribution in [2.45, 2.75) is 39.2 Å². The van der Waals surface area contributed by atoms with Gasteiger partial charge in [-0.05, 0) is 18.6 Å². The van der Waals surface area contributed by atoms with Gasteiger partial charge in [0.2, 0.25) is 0 Å². The summed E-state index contributed by atoms with van der Waals surface area (Å²) in [6.07, 6.45) is -0.480. The minimum absolute atomic E-state index is 0. The summed E-state index contributed by atoms with van der Waals surface area (Å²) in [6, 6.07) is 9.95. The molecule has 0 bridgehead atoms. The molecular formula is C19H27ClN4O2. The fourth-order valence-electron chi connectivity index (χ4n) is 2.76. The summed E-state index contributed by atoms with van der Waals surface area (Å²) in [6.45, 7) is 10.2. The monoisotopic (exact) mass is 378 g/mol. The van der Waals surface area contributed by atoms with E-state index in [-0.39, 0.29) is 23.7 Å². The van der Waals surface area contributed by atoms with Gasteiger partial charge in [0.25, 0.3) is 5.91 Å². The smallest absolute Gasteiger partial charge is 0.255 e. The van der Waals surface area contributed by atoms with E-state index >= 15 is 0 Å². The maximum atomic E-state index is 12.6. The SMILES string of the molecule is Cc1ccccc1-n1nc(C(C)(C)C)cc1NC(=O)[C@H]1CNCCO1.Cl. The Morgan fingerprint density at radius 3 is 2.69 bits per heavy atom. The van der Waals surface area contributed by atoms with Crippen LogP contribution in [0.5, 0.6) is 0 Å². The predicted molar refractivity (Wildman–Crippen MR) is 105 cm³/mol. The predicted octanol–water partition coefficient (Wildman–Crippen LogP) is 2.83. The van der Waals surface area contributed by atoms with Gasteiger partial charge >= 0.3 is 0 Å². The van der Waals surface area contributed by atoms with Gasteiger partial charge in [0.1, 0.15) is 11.9 Å². The number of aromatic nitrogens is 2. The minimum atomic E-state index is -0.480. The first-order chi connectivity index (χ1) is 11.9. The first-order valence-corrected chi connectivity index (χ1v) is 8.66. The molecule has 1 fully saturated rings. The highest BCUT2D eigenvalue weighted by Gasteiger charge is 2.26. The Balaban J connectivity index is 0.00000243. The molecule has 1 aliphatic heterocycles. The molecule has 3 rings (SSSR count). The average Bonchev–Trinajstić information content (AvgIpc) is 3.00. The second-order valence-corrected chi connectivity index (χ2v) is 7.42. The van der Waals surface area contributed by atoms with Crippen LogP contribution in [0.15, 0.2) is 30.3 Å². The highest BCUT2D eigenvalue weighted by Crippen LogP contribution is 2.27. The van der Waals surface area contributed by atoms with E-state index < -0.39 is 6.10 Å². The number of anilines is 1. The number of halogens is 1. The maximum absolute atomic E-state index is 12.6. The second kappa shape index (κ2) is 8.20. The Hall–Kier alpha value is -1.89. The molecule has 0 unspecified atom stereocenters. The zero-order chi connectivity index (χ0) is 18.0. The highest BCUT2D eigenvalue weighted by atomic mass is 35.5. The topological polar surface area (TPSA) is 68.2 Å². The first kappa shape index (κ1) is 20.4. The van der Waals surface area contributed by atoms with E-state index in [1.54, 1.807) is 0 Å². The first-order valence-electron chi connectivity index (χ1n) is 8.66. The lowest BCUT2D eigenvalue weighted by molar-refractivity contribution is -0.128. The molecule has 7 heteroatoms. The van der Waals surface area contributed by atoms with Gasteiger partial charge in [-0.15, -0.1) is 12.4 Å². The Labute approximate surface area is 160 Å². The van der Waals surface area contributed by atoms with Crippen LogP contribution in [0, 0.1) is 6.92 Å². The molecule has 26 heavy (non-hydrogen) atoms. The van der Waals surface area contributed by atoms with Crippen LogP contribution in [-0.2, 0) is 14.9 Å². The quantitative estimate of drug-likeness (QED) is 0.861. The van der Waals surface area contributed by atoms with Gasteiger partial charge in [-0.1, -0.05) is 39.0 Å². The molecule has 1 aromatic heterocycles. The molecule has 2 heterocycles. The normalized spacial score (nSPS) is 17.5. The van der Waals surface area contributed by atoms with Crippen molar-refractivity contribution in [1.82, 2.24) is 15.1 Å². The van der Waals surface area contributed by atoms with Gasteiger partial charge in [0.05, 0.1) is 18.0 Å². The Kier molecular flexibility index (Phi) is 6.44. The number of aryl methyl sites for hydroxylation is 1. The third kappa shape index (κ3) is 4.44. The maximum Gasteiger partial charge on any atom is 0.255 e. The molecule has 1 atom stereocenters. The van der Waals surface area contributed by atoms with E-state index in [0.29, 0.717) is 19.0 Å². The van der Waals surface area contributed by atoms with Crippen LogP contribution in [0.1, 0.15) is 32.0 Å². The van der Waals surface area contributed by atoms with Crippen LogP contribution >= 0.6 is 12.4 Å². The van der Waals surface area contributed by atoms with E-state index in [4.69, 9.17) is 9.84 Å². The van der Waals surface area contributed by atoms with Crippen molar-refractivity contribution >= 4 is 24.1 Å². The molecule has 142 valence electrons. The number of ether oxygens (including phenoxy) is 1. The molecule has 2 N–H and O–H groups in total. The zero-order valence-electron chi connectivity index (χ0n) is 15.7. The number of carbonyl (C=O) groups is 1. The fraction of sp³-hybridized carbons (Fsp3) is 0.474. The third-order valence-electron chi connectivity index (χ3n) is 4.29. The summed E-state index contributed by atoms with van der Waals surface area (Å²) in [5.41, 5.74) is 2.86. The summed E-state index contributed by atoms with van der Waals surface area (Å²) < 4.78 is 7.36. The third-order valence-corrected chi connectivity index (χ3v) is 4.29. The fourth-order valence-corrected chi connectivity index (χ4v) is 2.76. The molecule has 0 spiro atoms. The highest BCUT2D eigenvalue weighted by molar-refractivity contribution is 5.94. The van der Waals surface area contributed by atoms with Crippen molar-refractivity contribution in [2.24, 2.45) is 0 Å². The number of rotatable bonds is 3. The van der Waals surface area contributed by atoms with Gasteiger partial charge in [-0.2, -0.15) is 5.10 Å². The number of morpholine rings is 1. The molecule has 6 nitrogen and oxygen atoms in total. The molecule has 0 aliphatic carbocycles. The molecule has 2 aromatic rings. The van der Waals surface area contributed by atoms with Crippen LogP contribution in [0.3, 0.4) is 0 Å². The number of hydrogen-bond acceptors (Lipinski definition) is 4. The van der Waals surface area contributed by atoms with E-state index in [0.717, 1.165) is 23.5 Å². The lowest BCUT2D eigenvalue weighted by Gasteiger charge is -2.22. The summed E-state index contributed by atoms with van der Waals surface area (Å²) >= 11 is 0. The van der Waals surface area contributed by atoms with E-state index in [1.807, 2.05) is 41.9 Å². The minimum Gasteiger partial charge on any atom is -0.366 e. The largest absolute Gasteiger partial charge is 0.366 e. The lowest BCUT2D eigenvalue weighted by Crippen LogP contribution is -2.45. The molecule has 1 aliphatic rings. The van der Waals surface area contributed by atoms with Crippen molar-refractivity contribution in [1.29, 1.82) is 0 Å². The zero-order valence-corrected chi connectivity index (χ0v) is 16.5. The molecular weight excluding hydrogens is 352 g/mol.